The number of carbonyl (C=O) groups excluding carboxylic acids is 2. The number of aromatic amines is 2. The van der Waals surface area contributed by atoms with Crippen molar-refractivity contribution in [3.05, 3.63) is 130 Å². The molecule has 4 fully saturated rings. The van der Waals surface area contributed by atoms with E-state index in [9.17, 15) is 19.2 Å². The van der Waals surface area contributed by atoms with E-state index in [1.165, 1.54) is 23.5 Å². The molecule has 67 heavy (non-hydrogen) atoms. The van der Waals surface area contributed by atoms with Crippen molar-refractivity contribution in [1.82, 2.24) is 59.6 Å². The van der Waals surface area contributed by atoms with Crippen LogP contribution in [0.3, 0.4) is 0 Å². The SMILES string of the molecule is CC[C@]12O[C@@H](n3cc(C)c(=O)[nH]c3=O)[C@H](N[C@H]1C)[C@@H]2C.CC[C@]12O[C@@H](n3cnc4c(NC(=O)c5ccccc5)ncnc43)[C@H](N[C@H]1C)[C@@H]2C.O=C(Nc1ncnc2nc[nH]c12)c1ccccc1. The van der Waals surface area contributed by atoms with E-state index in [-0.39, 0.29) is 59.2 Å². The maximum absolute atomic E-state index is 12.5. The second-order valence-electron chi connectivity index (χ2n) is 17.5. The molecule has 4 bridgehead atoms. The van der Waals surface area contributed by atoms with E-state index in [1.54, 1.807) is 55.8 Å². The highest BCUT2D eigenvalue weighted by Crippen LogP contribution is 2.52. The fourth-order valence-electron chi connectivity index (χ4n) is 10.4. The van der Waals surface area contributed by atoms with E-state index in [4.69, 9.17) is 9.47 Å². The van der Waals surface area contributed by atoms with Crippen molar-refractivity contribution in [2.24, 2.45) is 11.8 Å². The number of carbonyl (C=O) groups is 2. The fourth-order valence-corrected chi connectivity index (χ4v) is 10.4. The summed E-state index contributed by atoms with van der Waals surface area (Å²) in [6, 6.07) is 18.8. The molecular formula is C47H54N14O6. The van der Waals surface area contributed by atoms with Gasteiger partial charge in [0.05, 0.1) is 35.9 Å². The molecule has 0 aliphatic carbocycles. The lowest BCUT2D eigenvalue weighted by atomic mass is 9.84. The molecule has 11 rings (SSSR count). The summed E-state index contributed by atoms with van der Waals surface area (Å²) in [6.45, 7) is 14.7. The van der Waals surface area contributed by atoms with Gasteiger partial charge in [-0.3, -0.25) is 28.5 Å². The smallest absolute Gasteiger partial charge is 0.330 e. The highest BCUT2D eigenvalue weighted by atomic mass is 16.5. The standard InChI is InChI=1S/C21H24N6O2.C14H21N3O3.C12H9N5O/c1-4-21-12(2)15(25-13(21)3)20(29-21)27-11-24-16-17(22-10-23-18(16)27)26-19(28)14-8-6-5-7-9-14;1-5-14-8(3)10(15-9(14)4)12(20-14)17-6-7(2)11(18)16-13(17)19;18-12(8-4-2-1-3-5-8)17-11-9-10(14-6-13-9)15-7-16-11/h5-13,15,20,25H,4H2,1-3H3,(H,22,23,26,28);6,8-10,12,15H,5H2,1-4H3,(H,16,18,19);1-7H,(H2,13,14,15,16,17,18)/t12-,13-,15+,20+,21+;8-,9-,10+,12+,14+;/m00./s1. The van der Waals surface area contributed by atoms with E-state index < -0.39 is 5.69 Å². The molecule has 20 heteroatoms. The lowest BCUT2D eigenvalue weighted by Gasteiger charge is -2.37. The van der Waals surface area contributed by atoms with Gasteiger partial charge in [0.25, 0.3) is 17.4 Å². The van der Waals surface area contributed by atoms with Crippen molar-refractivity contribution in [2.75, 3.05) is 10.6 Å². The molecule has 5 aromatic heterocycles. The maximum atomic E-state index is 12.5. The number of nitrogens with zero attached hydrogens (tertiary/aromatic N) is 8. The van der Waals surface area contributed by atoms with Crippen molar-refractivity contribution >= 4 is 45.8 Å². The van der Waals surface area contributed by atoms with Gasteiger partial charge in [0, 0.05) is 46.8 Å². The molecule has 0 saturated carbocycles. The van der Waals surface area contributed by atoms with Crippen LogP contribution in [0.4, 0.5) is 11.6 Å². The zero-order chi connectivity index (χ0) is 47.2. The number of benzene rings is 2. The highest BCUT2D eigenvalue weighted by Gasteiger charge is 2.62. The first-order valence-electron chi connectivity index (χ1n) is 22.5. The monoisotopic (exact) mass is 910 g/mol. The second-order valence-corrected chi connectivity index (χ2v) is 17.5. The Morgan fingerprint density at radius 2 is 1.24 bits per heavy atom. The summed E-state index contributed by atoms with van der Waals surface area (Å²) in [5, 5.41) is 12.8. The van der Waals surface area contributed by atoms with Crippen molar-refractivity contribution in [1.29, 1.82) is 0 Å². The molecule has 348 valence electrons. The van der Waals surface area contributed by atoms with E-state index in [1.807, 2.05) is 28.8 Å². The topological polar surface area (TPSA) is 254 Å². The summed E-state index contributed by atoms with van der Waals surface area (Å²) in [5.41, 5.74) is 2.80. The van der Waals surface area contributed by atoms with E-state index in [0.717, 1.165) is 12.8 Å². The number of morpholine rings is 2. The van der Waals surface area contributed by atoms with Crippen LogP contribution in [0.1, 0.15) is 93.1 Å². The van der Waals surface area contributed by atoms with Gasteiger partial charge >= 0.3 is 5.69 Å². The zero-order valence-electron chi connectivity index (χ0n) is 38.2. The van der Waals surface area contributed by atoms with Crippen LogP contribution in [0.5, 0.6) is 0 Å². The molecule has 20 nitrogen and oxygen atoms in total. The lowest BCUT2D eigenvalue weighted by Crippen LogP contribution is -2.51. The number of amides is 2. The molecule has 4 aliphatic heterocycles. The van der Waals surface area contributed by atoms with Crippen molar-refractivity contribution in [3.8, 4) is 0 Å². The fraction of sp³-hybridized carbons (Fsp3) is 0.404. The third kappa shape index (κ3) is 7.88. The summed E-state index contributed by atoms with van der Waals surface area (Å²) < 4.78 is 16.3. The van der Waals surface area contributed by atoms with Crippen LogP contribution in [0, 0.1) is 18.8 Å². The van der Waals surface area contributed by atoms with Gasteiger partial charge in [0.1, 0.15) is 18.2 Å². The Hall–Kier alpha value is -7.00. The summed E-state index contributed by atoms with van der Waals surface area (Å²) in [6.07, 6.45) is 8.93. The minimum atomic E-state index is -0.411. The quantitative estimate of drug-likeness (QED) is 0.119. The number of imidazole rings is 2. The van der Waals surface area contributed by atoms with Gasteiger partial charge in [-0.1, -0.05) is 64.1 Å². The average Bonchev–Trinajstić information content (AvgIpc) is 4.19. The van der Waals surface area contributed by atoms with Gasteiger partial charge in [0.15, 0.2) is 40.9 Å². The molecule has 7 aromatic rings. The Balaban J connectivity index is 0.000000131. The number of fused-ring (bicyclic) bond motifs is 6. The molecule has 6 N–H and O–H groups in total. The third-order valence-electron chi connectivity index (χ3n) is 14.2. The number of hydrogen-bond donors (Lipinski definition) is 6. The minimum absolute atomic E-state index is 0.0907. The molecule has 0 radical (unpaired) electrons. The molecule has 0 spiro atoms. The van der Waals surface area contributed by atoms with Crippen molar-refractivity contribution in [3.63, 3.8) is 0 Å². The second kappa shape index (κ2) is 18.0. The maximum Gasteiger partial charge on any atom is 0.330 e. The lowest BCUT2D eigenvalue weighted by molar-refractivity contribution is -0.122. The largest absolute Gasteiger partial charge is 0.348 e. The molecule has 0 unspecified atom stereocenters. The number of H-pyrrole nitrogens is 2. The number of rotatable bonds is 8. The van der Waals surface area contributed by atoms with Gasteiger partial charge in [0.2, 0.25) is 0 Å². The minimum Gasteiger partial charge on any atom is -0.348 e. The van der Waals surface area contributed by atoms with Gasteiger partial charge in [-0.25, -0.2) is 34.7 Å². The van der Waals surface area contributed by atoms with E-state index >= 15 is 0 Å². The average molecular weight is 911 g/mol. The molecule has 9 heterocycles. The predicted octanol–water partition coefficient (Wildman–Crippen LogP) is 4.88. The van der Waals surface area contributed by atoms with E-state index in [0.29, 0.717) is 68.5 Å². The number of hydrogen-bond acceptors (Lipinski definition) is 14. The number of anilines is 2. The first-order valence-corrected chi connectivity index (χ1v) is 22.5. The van der Waals surface area contributed by atoms with Crippen LogP contribution in [0.15, 0.2) is 102 Å². The highest BCUT2D eigenvalue weighted by molar-refractivity contribution is 6.07. The Morgan fingerprint density at radius 3 is 1.81 bits per heavy atom. The van der Waals surface area contributed by atoms with E-state index in [2.05, 4.69) is 103 Å². The van der Waals surface area contributed by atoms with Crippen LogP contribution < -0.4 is 32.5 Å². The Kier molecular flexibility index (Phi) is 12.1. The normalized spacial score (nSPS) is 27.9. The van der Waals surface area contributed by atoms with Gasteiger partial charge in [-0.15, -0.1) is 0 Å². The number of nitrogens with one attached hydrogen (secondary N) is 6. The van der Waals surface area contributed by atoms with Crippen LogP contribution in [-0.2, 0) is 9.47 Å². The first-order chi connectivity index (χ1) is 32.3. The zero-order valence-corrected chi connectivity index (χ0v) is 38.2. The molecular weight excluding hydrogens is 857 g/mol. The van der Waals surface area contributed by atoms with Crippen molar-refractivity contribution in [2.45, 2.75) is 109 Å². The first kappa shape index (κ1) is 45.2. The molecule has 2 aromatic carbocycles. The Labute approximate surface area is 384 Å². The number of aromatic nitrogens is 10. The van der Waals surface area contributed by atoms with Crippen molar-refractivity contribution < 1.29 is 19.1 Å². The summed E-state index contributed by atoms with van der Waals surface area (Å²) in [5.74, 6) is 1.07. The van der Waals surface area contributed by atoms with Gasteiger partial charge < -0.3 is 35.7 Å². The summed E-state index contributed by atoms with van der Waals surface area (Å²) >= 11 is 0. The third-order valence-corrected chi connectivity index (χ3v) is 14.2. The molecule has 10 atom stereocenters. The number of ether oxygens (including phenoxy) is 2. The van der Waals surface area contributed by atoms with Crippen LogP contribution in [0.2, 0.25) is 0 Å². The van der Waals surface area contributed by atoms with Crippen LogP contribution >= 0.6 is 0 Å². The van der Waals surface area contributed by atoms with Crippen LogP contribution in [-0.4, -0.2) is 96.2 Å². The van der Waals surface area contributed by atoms with Gasteiger partial charge in [-0.2, -0.15) is 0 Å². The molecule has 4 aliphatic rings. The Bertz CT molecular complexity index is 3050. The Morgan fingerprint density at radius 1 is 0.701 bits per heavy atom. The van der Waals surface area contributed by atoms with Crippen LogP contribution in [0.25, 0.3) is 22.3 Å². The van der Waals surface area contributed by atoms with Gasteiger partial charge in [-0.05, 0) is 57.9 Å². The summed E-state index contributed by atoms with van der Waals surface area (Å²) in [7, 11) is 0. The predicted molar refractivity (Wildman–Crippen MR) is 249 cm³/mol. The number of aryl methyl sites for hydroxylation is 1. The molecule has 4 saturated heterocycles. The summed E-state index contributed by atoms with van der Waals surface area (Å²) in [4.78, 5) is 78.5. The molecule has 2 amide bonds.